The van der Waals surface area contributed by atoms with E-state index >= 15 is 0 Å². The third-order valence-corrected chi connectivity index (χ3v) is 2.91. The van der Waals surface area contributed by atoms with Gasteiger partial charge in [-0.15, -0.1) is 0 Å². The van der Waals surface area contributed by atoms with Crippen molar-refractivity contribution in [3.05, 3.63) is 23.8 Å². The van der Waals surface area contributed by atoms with Crippen LogP contribution in [0.25, 0.3) is 0 Å². The zero-order chi connectivity index (χ0) is 11.5. The smallest absolute Gasteiger partial charge is 0.143 e. The first-order valence-electron chi connectivity index (χ1n) is 5.47. The molecule has 0 bridgehead atoms. The topological polar surface area (TPSA) is 20.3 Å². The third-order valence-electron chi connectivity index (χ3n) is 2.91. The molecule has 0 aliphatic carbocycles. The van der Waals surface area contributed by atoms with Crippen molar-refractivity contribution in [1.82, 2.24) is 4.90 Å². The Balaban J connectivity index is 2.24. The van der Waals surface area contributed by atoms with Crippen LogP contribution >= 0.6 is 0 Å². The molecule has 0 amide bonds. The summed E-state index contributed by atoms with van der Waals surface area (Å²) >= 11 is 0. The van der Waals surface area contributed by atoms with Gasteiger partial charge in [-0.3, -0.25) is 4.79 Å². The van der Waals surface area contributed by atoms with E-state index in [2.05, 4.69) is 25.3 Å². The molecular formula is C13H21NO. The van der Waals surface area contributed by atoms with Crippen LogP contribution in [0.4, 0.5) is 0 Å². The van der Waals surface area contributed by atoms with Crippen LogP contribution in [0.2, 0.25) is 0 Å². The van der Waals surface area contributed by atoms with Crippen molar-refractivity contribution in [3.63, 3.8) is 0 Å². The first-order valence-corrected chi connectivity index (χ1v) is 5.47. The third kappa shape index (κ3) is 3.63. The highest BCUT2D eigenvalue weighted by Crippen LogP contribution is 2.29. The van der Waals surface area contributed by atoms with Crippen LogP contribution in [0.1, 0.15) is 27.2 Å². The van der Waals surface area contributed by atoms with Crippen molar-refractivity contribution >= 4 is 6.29 Å². The molecule has 1 heterocycles. The van der Waals surface area contributed by atoms with Gasteiger partial charge in [-0.25, -0.2) is 0 Å². The SMILES string of the molecule is C=C(CCN1CC(C)(C)C1)/C(C)=C\C=O. The normalized spacial score (nSPS) is 20.9. The Labute approximate surface area is 92.7 Å². The van der Waals surface area contributed by atoms with E-state index in [4.69, 9.17) is 0 Å². The Morgan fingerprint density at radius 1 is 1.47 bits per heavy atom. The van der Waals surface area contributed by atoms with E-state index in [0.29, 0.717) is 5.41 Å². The summed E-state index contributed by atoms with van der Waals surface area (Å²) in [6.45, 7) is 13.9. The van der Waals surface area contributed by atoms with Crippen LogP contribution in [0.5, 0.6) is 0 Å². The lowest BCUT2D eigenvalue weighted by Crippen LogP contribution is -2.52. The fraction of sp³-hybridized carbons (Fsp3) is 0.615. The lowest BCUT2D eigenvalue weighted by Gasteiger charge is -2.46. The molecule has 0 aromatic carbocycles. The minimum absolute atomic E-state index is 0.495. The van der Waals surface area contributed by atoms with E-state index in [0.717, 1.165) is 30.4 Å². The molecule has 0 N–H and O–H groups in total. The number of carbonyl (C=O) groups is 1. The molecule has 0 saturated carbocycles. The Morgan fingerprint density at radius 3 is 2.53 bits per heavy atom. The Morgan fingerprint density at radius 2 is 2.07 bits per heavy atom. The van der Waals surface area contributed by atoms with E-state index in [1.54, 1.807) is 6.08 Å². The van der Waals surface area contributed by atoms with Gasteiger partial charge in [0.15, 0.2) is 0 Å². The fourth-order valence-electron chi connectivity index (χ4n) is 2.03. The summed E-state index contributed by atoms with van der Waals surface area (Å²) in [5.41, 5.74) is 2.58. The summed E-state index contributed by atoms with van der Waals surface area (Å²) in [5, 5.41) is 0. The van der Waals surface area contributed by atoms with Gasteiger partial charge in [0, 0.05) is 19.6 Å². The van der Waals surface area contributed by atoms with E-state index in [-0.39, 0.29) is 0 Å². The van der Waals surface area contributed by atoms with Gasteiger partial charge >= 0.3 is 0 Å². The number of hydrogen-bond acceptors (Lipinski definition) is 2. The number of aldehydes is 1. The molecule has 0 unspecified atom stereocenters. The monoisotopic (exact) mass is 207 g/mol. The molecule has 2 heteroatoms. The van der Waals surface area contributed by atoms with Gasteiger partial charge in [-0.05, 0) is 30.4 Å². The Hall–Kier alpha value is -0.890. The minimum atomic E-state index is 0.495. The first kappa shape index (κ1) is 12.2. The Bertz CT molecular complexity index is 281. The first-order chi connectivity index (χ1) is 6.94. The van der Waals surface area contributed by atoms with Crippen molar-refractivity contribution in [2.24, 2.45) is 5.41 Å². The maximum atomic E-state index is 10.3. The molecule has 1 aliphatic rings. The number of rotatable bonds is 5. The highest BCUT2D eigenvalue weighted by atomic mass is 16.1. The molecule has 0 spiro atoms. The quantitative estimate of drug-likeness (QED) is 0.392. The number of nitrogens with zero attached hydrogens (tertiary/aromatic N) is 1. The van der Waals surface area contributed by atoms with E-state index in [1.807, 2.05) is 6.92 Å². The second-order valence-corrected chi connectivity index (χ2v) is 5.21. The van der Waals surface area contributed by atoms with Gasteiger partial charge in [0.25, 0.3) is 0 Å². The zero-order valence-electron chi connectivity index (χ0n) is 10.0. The van der Waals surface area contributed by atoms with Crippen molar-refractivity contribution in [2.45, 2.75) is 27.2 Å². The molecule has 1 saturated heterocycles. The van der Waals surface area contributed by atoms with Gasteiger partial charge in [-0.1, -0.05) is 26.0 Å². The van der Waals surface area contributed by atoms with Crippen molar-refractivity contribution in [3.8, 4) is 0 Å². The average molecular weight is 207 g/mol. The summed E-state index contributed by atoms with van der Waals surface area (Å²) in [6.07, 6.45) is 3.38. The number of hydrogen-bond donors (Lipinski definition) is 0. The molecule has 1 aliphatic heterocycles. The van der Waals surface area contributed by atoms with Crippen LogP contribution in [0.15, 0.2) is 23.8 Å². The second-order valence-electron chi connectivity index (χ2n) is 5.21. The lowest BCUT2D eigenvalue weighted by atomic mass is 9.84. The zero-order valence-corrected chi connectivity index (χ0v) is 10.0. The summed E-state index contributed by atoms with van der Waals surface area (Å²) in [6, 6.07) is 0. The number of carbonyl (C=O) groups excluding carboxylic acids is 1. The van der Waals surface area contributed by atoms with Gasteiger partial charge in [-0.2, -0.15) is 0 Å². The molecular weight excluding hydrogens is 186 g/mol. The average Bonchev–Trinajstić information content (AvgIpc) is 2.11. The van der Waals surface area contributed by atoms with Crippen LogP contribution in [0.3, 0.4) is 0 Å². The summed E-state index contributed by atoms with van der Waals surface area (Å²) in [7, 11) is 0. The highest BCUT2D eigenvalue weighted by Gasteiger charge is 2.33. The molecule has 0 aromatic heterocycles. The maximum Gasteiger partial charge on any atom is 0.143 e. The molecule has 0 radical (unpaired) electrons. The van der Waals surface area contributed by atoms with Gasteiger partial charge in [0.2, 0.25) is 0 Å². The molecule has 84 valence electrons. The predicted octanol–water partition coefficient (Wildman–Crippen LogP) is 2.42. The van der Waals surface area contributed by atoms with Crippen LogP contribution < -0.4 is 0 Å². The Kier molecular flexibility index (Phi) is 3.86. The summed E-state index contributed by atoms with van der Waals surface area (Å²) < 4.78 is 0. The maximum absolute atomic E-state index is 10.3. The molecule has 0 aromatic rings. The second kappa shape index (κ2) is 4.75. The van der Waals surface area contributed by atoms with Crippen molar-refractivity contribution in [2.75, 3.05) is 19.6 Å². The standard InChI is InChI=1S/C13H21NO/c1-11(12(2)6-8-15)5-7-14-9-13(3,4)10-14/h6,8H,1,5,7,9-10H2,2-4H3/b12-6-. The van der Waals surface area contributed by atoms with Gasteiger partial charge in [0.1, 0.15) is 6.29 Å². The van der Waals surface area contributed by atoms with Crippen molar-refractivity contribution < 1.29 is 4.79 Å². The predicted molar refractivity (Wildman–Crippen MR) is 63.8 cm³/mol. The largest absolute Gasteiger partial charge is 0.302 e. The van der Waals surface area contributed by atoms with Gasteiger partial charge in [0.05, 0.1) is 0 Å². The molecule has 1 fully saturated rings. The molecule has 15 heavy (non-hydrogen) atoms. The van der Waals surface area contributed by atoms with Crippen LogP contribution in [-0.4, -0.2) is 30.8 Å². The minimum Gasteiger partial charge on any atom is -0.302 e. The lowest BCUT2D eigenvalue weighted by molar-refractivity contribution is -0.104. The van der Waals surface area contributed by atoms with E-state index in [1.165, 1.54) is 13.1 Å². The van der Waals surface area contributed by atoms with Crippen molar-refractivity contribution in [1.29, 1.82) is 0 Å². The molecule has 0 atom stereocenters. The fourth-order valence-corrected chi connectivity index (χ4v) is 2.03. The van der Waals surface area contributed by atoms with E-state index in [9.17, 15) is 4.79 Å². The van der Waals surface area contributed by atoms with E-state index < -0.39 is 0 Å². The molecule has 2 nitrogen and oxygen atoms in total. The van der Waals surface area contributed by atoms with Gasteiger partial charge < -0.3 is 4.90 Å². The summed E-state index contributed by atoms with van der Waals surface area (Å²) in [5.74, 6) is 0. The number of allylic oxidation sites excluding steroid dienone is 2. The molecule has 1 rings (SSSR count). The number of likely N-dealkylation sites (tertiary alicyclic amines) is 1. The van der Waals surface area contributed by atoms with Crippen LogP contribution in [0, 0.1) is 5.41 Å². The summed E-state index contributed by atoms with van der Waals surface area (Å²) in [4.78, 5) is 12.7. The van der Waals surface area contributed by atoms with Crippen LogP contribution in [-0.2, 0) is 4.79 Å². The highest BCUT2D eigenvalue weighted by molar-refractivity contribution is 5.67.